The summed E-state index contributed by atoms with van der Waals surface area (Å²) < 4.78 is 10.7. The van der Waals surface area contributed by atoms with E-state index in [-0.39, 0.29) is 30.2 Å². The zero-order valence-electron chi connectivity index (χ0n) is 16.1. The SMILES string of the molecule is C=CCOc1cccc(C2C(C(=O)CC(C)C)=C(O)C(=O)N2CCOC)c1. The van der Waals surface area contributed by atoms with Gasteiger partial charge in [-0.3, -0.25) is 9.59 Å². The number of nitrogens with zero attached hydrogens (tertiary/aromatic N) is 1. The van der Waals surface area contributed by atoms with Crippen LogP contribution in [0.3, 0.4) is 0 Å². The van der Waals surface area contributed by atoms with Crippen LogP contribution in [0.2, 0.25) is 0 Å². The largest absolute Gasteiger partial charge is 0.503 e. The van der Waals surface area contributed by atoms with Crippen LogP contribution in [0.25, 0.3) is 0 Å². The van der Waals surface area contributed by atoms with Crippen molar-refractivity contribution in [3.63, 3.8) is 0 Å². The van der Waals surface area contributed by atoms with Gasteiger partial charge < -0.3 is 19.5 Å². The average Bonchev–Trinajstić information content (AvgIpc) is 2.89. The van der Waals surface area contributed by atoms with Gasteiger partial charge in [0.1, 0.15) is 12.4 Å². The van der Waals surface area contributed by atoms with E-state index in [0.29, 0.717) is 24.5 Å². The number of ether oxygens (including phenoxy) is 2. The molecular formula is C21H27NO5. The lowest BCUT2D eigenvalue weighted by Gasteiger charge is -2.27. The summed E-state index contributed by atoms with van der Waals surface area (Å²) in [5.74, 6) is -0.531. The second-order valence-electron chi connectivity index (χ2n) is 6.85. The van der Waals surface area contributed by atoms with E-state index in [4.69, 9.17) is 9.47 Å². The zero-order chi connectivity index (χ0) is 20.0. The first-order valence-corrected chi connectivity index (χ1v) is 9.00. The third kappa shape index (κ3) is 4.77. The fourth-order valence-corrected chi connectivity index (χ4v) is 3.12. The molecule has 1 aromatic rings. The third-order valence-corrected chi connectivity index (χ3v) is 4.28. The van der Waals surface area contributed by atoms with E-state index in [1.807, 2.05) is 19.9 Å². The minimum Gasteiger partial charge on any atom is -0.503 e. The smallest absolute Gasteiger partial charge is 0.290 e. The number of methoxy groups -OCH3 is 1. The molecule has 0 saturated heterocycles. The van der Waals surface area contributed by atoms with E-state index >= 15 is 0 Å². The Kier molecular flexibility index (Phi) is 7.19. The molecule has 0 spiro atoms. The van der Waals surface area contributed by atoms with Crippen LogP contribution >= 0.6 is 0 Å². The van der Waals surface area contributed by atoms with Crippen molar-refractivity contribution in [2.45, 2.75) is 26.3 Å². The van der Waals surface area contributed by atoms with Gasteiger partial charge in [-0.05, 0) is 23.6 Å². The van der Waals surface area contributed by atoms with E-state index in [1.54, 1.807) is 24.3 Å². The molecule has 27 heavy (non-hydrogen) atoms. The summed E-state index contributed by atoms with van der Waals surface area (Å²) in [7, 11) is 1.54. The number of Topliss-reactive ketones (excluding diaryl/α,β-unsaturated/α-hetero) is 1. The molecule has 1 N–H and O–H groups in total. The summed E-state index contributed by atoms with van der Waals surface area (Å²) in [6, 6.07) is 6.53. The van der Waals surface area contributed by atoms with Crippen LogP contribution in [0.4, 0.5) is 0 Å². The van der Waals surface area contributed by atoms with Gasteiger partial charge in [-0.25, -0.2) is 0 Å². The normalized spacial score (nSPS) is 17.0. The predicted molar refractivity (Wildman–Crippen MR) is 103 cm³/mol. The maximum atomic E-state index is 12.8. The molecule has 0 fully saturated rings. The number of hydrogen-bond acceptors (Lipinski definition) is 5. The monoisotopic (exact) mass is 373 g/mol. The number of carbonyl (C=O) groups excluding carboxylic acids is 2. The van der Waals surface area contributed by atoms with Crippen molar-refractivity contribution in [3.05, 3.63) is 53.8 Å². The van der Waals surface area contributed by atoms with Gasteiger partial charge in [0, 0.05) is 20.1 Å². The second kappa shape index (κ2) is 9.37. The fraction of sp³-hybridized carbons (Fsp3) is 0.429. The number of amides is 1. The number of carbonyl (C=O) groups is 2. The van der Waals surface area contributed by atoms with Gasteiger partial charge in [-0.15, -0.1) is 0 Å². The fourth-order valence-electron chi connectivity index (χ4n) is 3.12. The van der Waals surface area contributed by atoms with Crippen LogP contribution in [-0.2, 0) is 14.3 Å². The standard InChI is InChI=1S/C21H27NO5/c1-5-10-27-16-8-6-7-15(13-16)19-18(17(23)12-14(2)3)20(24)21(25)22(19)9-11-26-4/h5-8,13-14,19,24H,1,9-12H2,2-4H3. The lowest BCUT2D eigenvalue weighted by Crippen LogP contribution is -2.34. The molecule has 0 saturated carbocycles. The van der Waals surface area contributed by atoms with Gasteiger partial charge in [0.05, 0.1) is 18.2 Å². The molecule has 0 aliphatic carbocycles. The van der Waals surface area contributed by atoms with Gasteiger partial charge >= 0.3 is 0 Å². The second-order valence-corrected chi connectivity index (χ2v) is 6.85. The summed E-state index contributed by atoms with van der Waals surface area (Å²) in [6.45, 7) is 8.39. The minimum absolute atomic E-state index is 0.115. The minimum atomic E-state index is -0.661. The average molecular weight is 373 g/mol. The molecule has 1 amide bonds. The number of aliphatic hydroxyl groups is 1. The van der Waals surface area contributed by atoms with E-state index < -0.39 is 17.7 Å². The summed E-state index contributed by atoms with van der Waals surface area (Å²) >= 11 is 0. The Labute approximate surface area is 160 Å². The van der Waals surface area contributed by atoms with Crippen molar-refractivity contribution in [2.24, 2.45) is 5.92 Å². The number of benzene rings is 1. The van der Waals surface area contributed by atoms with Crippen LogP contribution in [0, 0.1) is 5.92 Å². The zero-order valence-corrected chi connectivity index (χ0v) is 16.1. The van der Waals surface area contributed by atoms with Crippen molar-refractivity contribution in [3.8, 4) is 5.75 Å². The van der Waals surface area contributed by atoms with Crippen LogP contribution < -0.4 is 4.74 Å². The molecule has 1 aromatic carbocycles. The molecule has 0 radical (unpaired) electrons. The van der Waals surface area contributed by atoms with Crippen molar-refractivity contribution in [1.29, 1.82) is 0 Å². The highest BCUT2D eigenvalue weighted by atomic mass is 16.5. The molecule has 1 unspecified atom stereocenters. The molecule has 1 aliphatic rings. The van der Waals surface area contributed by atoms with E-state index in [9.17, 15) is 14.7 Å². The number of aliphatic hydroxyl groups excluding tert-OH is 1. The first-order valence-electron chi connectivity index (χ1n) is 9.00. The highest BCUT2D eigenvalue weighted by Crippen LogP contribution is 2.39. The van der Waals surface area contributed by atoms with Gasteiger partial charge in [0.2, 0.25) is 0 Å². The Hall–Kier alpha value is -2.60. The van der Waals surface area contributed by atoms with Gasteiger partial charge in [0.15, 0.2) is 11.5 Å². The summed E-state index contributed by atoms with van der Waals surface area (Å²) in [4.78, 5) is 26.9. The Morgan fingerprint density at radius 3 is 2.78 bits per heavy atom. The molecule has 1 heterocycles. The highest BCUT2D eigenvalue weighted by molar-refractivity contribution is 6.09. The topological polar surface area (TPSA) is 76.1 Å². The van der Waals surface area contributed by atoms with Crippen LogP contribution in [0.1, 0.15) is 31.9 Å². The molecule has 146 valence electrons. The summed E-state index contributed by atoms with van der Waals surface area (Å²) in [5.41, 5.74) is 0.850. The molecule has 1 atom stereocenters. The van der Waals surface area contributed by atoms with E-state index in [1.165, 1.54) is 12.0 Å². The molecule has 6 nitrogen and oxygen atoms in total. The third-order valence-electron chi connectivity index (χ3n) is 4.28. The van der Waals surface area contributed by atoms with Crippen molar-refractivity contribution in [2.75, 3.05) is 26.9 Å². The molecular weight excluding hydrogens is 346 g/mol. The molecule has 0 bridgehead atoms. The van der Waals surface area contributed by atoms with Crippen LogP contribution in [0.15, 0.2) is 48.3 Å². The lowest BCUT2D eigenvalue weighted by molar-refractivity contribution is -0.130. The van der Waals surface area contributed by atoms with E-state index in [2.05, 4.69) is 6.58 Å². The predicted octanol–water partition coefficient (Wildman–Crippen LogP) is 3.21. The van der Waals surface area contributed by atoms with Crippen LogP contribution in [-0.4, -0.2) is 48.6 Å². The Bertz CT molecular complexity index is 738. The van der Waals surface area contributed by atoms with E-state index in [0.717, 1.165) is 0 Å². The Morgan fingerprint density at radius 1 is 1.41 bits per heavy atom. The maximum Gasteiger partial charge on any atom is 0.290 e. The summed E-state index contributed by atoms with van der Waals surface area (Å²) in [5, 5.41) is 10.4. The first-order chi connectivity index (χ1) is 12.9. The number of hydrogen-bond donors (Lipinski definition) is 1. The van der Waals surface area contributed by atoms with Crippen molar-refractivity contribution in [1.82, 2.24) is 4.90 Å². The quantitative estimate of drug-likeness (QED) is 0.638. The maximum absolute atomic E-state index is 12.8. The Morgan fingerprint density at radius 2 is 2.15 bits per heavy atom. The highest BCUT2D eigenvalue weighted by Gasteiger charge is 2.43. The van der Waals surface area contributed by atoms with Crippen molar-refractivity contribution < 1.29 is 24.2 Å². The number of rotatable bonds is 10. The summed E-state index contributed by atoms with van der Waals surface area (Å²) in [6.07, 6.45) is 1.90. The first kappa shape index (κ1) is 20.7. The Balaban J connectivity index is 2.45. The molecule has 1 aliphatic heterocycles. The van der Waals surface area contributed by atoms with Crippen molar-refractivity contribution >= 4 is 11.7 Å². The molecule has 6 heteroatoms. The number of ketones is 1. The lowest BCUT2D eigenvalue weighted by atomic mass is 9.92. The van der Waals surface area contributed by atoms with Gasteiger partial charge in [0.25, 0.3) is 5.91 Å². The van der Waals surface area contributed by atoms with Gasteiger partial charge in [-0.1, -0.05) is 38.6 Å². The molecule has 2 rings (SSSR count). The van der Waals surface area contributed by atoms with Crippen LogP contribution in [0.5, 0.6) is 5.75 Å². The molecule has 0 aromatic heterocycles. The van der Waals surface area contributed by atoms with Gasteiger partial charge in [-0.2, -0.15) is 0 Å².